The molecule has 0 atom stereocenters. The summed E-state index contributed by atoms with van der Waals surface area (Å²) in [6, 6.07) is -0.279. The molecule has 0 saturated carbocycles. The van der Waals surface area contributed by atoms with Crippen LogP contribution in [0.3, 0.4) is 0 Å². The first kappa shape index (κ1) is 13.4. The number of thiazole rings is 1. The second-order valence-corrected chi connectivity index (χ2v) is 4.53. The molecule has 0 spiro atoms. The Morgan fingerprint density at radius 3 is 2.82 bits per heavy atom. The third kappa shape index (κ3) is 4.39. The van der Waals surface area contributed by atoms with Gasteiger partial charge >= 0.3 is 12.0 Å². The van der Waals surface area contributed by atoms with Crippen LogP contribution in [-0.4, -0.2) is 40.6 Å². The number of rotatable bonds is 5. The van der Waals surface area contributed by atoms with Crippen LogP contribution in [0.2, 0.25) is 0 Å². The monoisotopic (exact) mass is 257 g/mol. The quantitative estimate of drug-likeness (QED) is 0.826. The van der Waals surface area contributed by atoms with Crippen molar-refractivity contribution in [2.75, 3.05) is 13.6 Å². The summed E-state index contributed by atoms with van der Waals surface area (Å²) in [6.07, 6.45) is -0.0703. The highest BCUT2D eigenvalue weighted by atomic mass is 32.1. The molecule has 0 unspecified atom stereocenters. The Hall–Kier alpha value is -1.63. The minimum atomic E-state index is -0.925. The van der Waals surface area contributed by atoms with Crippen LogP contribution in [0.1, 0.15) is 17.0 Å². The van der Waals surface area contributed by atoms with E-state index in [1.54, 1.807) is 12.6 Å². The molecule has 17 heavy (non-hydrogen) atoms. The molecule has 1 rings (SSSR count). The molecule has 0 aliphatic rings. The number of urea groups is 1. The van der Waals surface area contributed by atoms with Crippen molar-refractivity contribution < 1.29 is 14.7 Å². The lowest BCUT2D eigenvalue weighted by Gasteiger charge is -2.16. The number of nitrogens with zero attached hydrogens (tertiary/aromatic N) is 2. The van der Waals surface area contributed by atoms with Gasteiger partial charge in [-0.05, 0) is 6.92 Å². The van der Waals surface area contributed by atoms with Crippen LogP contribution in [0, 0.1) is 6.92 Å². The molecule has 2 amide bonds. The van der Waals surface area contributed by atoms with E-state index >= 15 is 0 Å². The van der Waals surface area contributed by atoms with Crippen molar-refractivity contribution in [2.45, 2.75) is 19.9 Å². The fourth-order valence-electron chi connectivity index (χ4n) is 1.18. The number of carboxylic acids is 1. The Kier molecular flexibility index (Phi) is 4.89. The molecule has 94 valence electrons. The van der Waals surface area contributed by atoms with Crippen LogP contribution in [0.25, 0.3) is 0 Å². The van der Waals surface area contributed by atoms with E-state index < -0.39 is 5.97 Å². The van der Waals surface area contributed by atoms with E-state index in [1.165, 1.54) is 16.2 Å². The van der Waals surface area contributed by atoms with Crippen LogP contribution in [0.4, 0.5) is 4.79 Å². The highest BCUT2D eigenvalue weighted by Crippen LogP contribution is 2.13. The SMILES string of the molecule is Cc1ncsc1CN(C)C(=O)NCCC(=O)O. The van der Waals surface area contributed by atoms with E-state index in [-0.39, 0.29) is 19.0 Å². The van der Waals surface area contributed by atoms with Crippen LogP contribution in [-0.2, 0) is 11.3 Å². The normalized spacial score (nSPS) is 10.0. The first-order valence-electron chi connectivity index (χ1n) is 5.10. The molecule has 0 aromatic carbocycles. The number of aryl methyl sites for hydroxylation is 1. The van der Waals surface area contributed by atoms with Gasteiger partial charge in [0, 0.05) is 18.5 Å². The molecule has 1 aromatic rings. The Balaban J connectivity index is 2.37. The number of amides is 2. The largest absolute Gasteiger partial charge is 0.481 e. The van der Waals surface area contributed by atoms with Crippen LogP contribution in [0.5, 0.6) is 0 Å². The van der Waals surface area contributed by atoms with Gasteiger partial charge < -0.3 is 15.3 Å². The van der Waals surface area contributed by atoms with E-state index in [0.717, 1.165) is 10.6 Å². The number of carbonyl (C=O) groups is 2. The van der Waals surface area contributed by atoms with E-state index in [4.69, 9.17) is 5.11 Å². The second kappa shape index (κ2) is 6.19. The average Bonchev–Trinajstić information content (AvgIpc) is 2.63. The summed E-state index contributed by atoms with van der Waals surface area (Å²) in [5.41, 5.74) is 2.65. The molecule has 0 fully saturated rings. The van der Waals surface area contributed by atoms with Crippen molar-refractivity contribution >= 4 is 23.3 Å². The molecule has 0 aliphatic carbocycles. The number of hydrogen-bond acceptors (Lipinski definition) is 4. The van der Waals surface area contributed by atoms with Gasteiger partial charge in [0.2, 0.25) is 0 Å². The van der Waals surface area contributed by atoms with Gasteiger partial charge in [-0.2, -0.15) is 0 Å². The molecule has 7 heteroatoms. The molecule has 6 nitrogen and oxygen atoms in total. The maximum absolute atomic E-state index is 11.6. The minimum absolute atomic E-state index is 0.0703. The zero-order chi connectivity index (χ0) is 12.8. The topological polar surface area (TPSA) is 82.5 Å². The van der Waals surface area contributed by atoms with Crippen molar-refractivity contribution in [3.05, 3.63) is 16.1 Å². The van der Waals surface area contributed by atoms with Crippen LogP contribution >= 0.6 is 11.3 Å². The molecule has 1 heterocycles. The van der Waals surface area contributed by atoms with Gasteiger partial charge in [0.05, 0.1) is 24.2 Å². The van der Waals surface area contributed by atoms with Crippen LogP contribution in [0.15, 0.2) is 5.51 Å². The van der Waals surface area contributed by atoms with Crippen molar-refractivity contribution in [3.63, 3.8) is 0 Å². The zero-order valence-electron chi connectivity index (χ0n) is 9.77. The van der Waals surface area contributed by atoms with E-state index in [9.17, 15) is 9.59 Å². The molecular formula is C10H15N3O3S. The Labute approximate surface area is 103 Å². The lowest BCUT2D eigenvalue weighted by Crippen LogP contribution is -2.37. The lowest BCUT2D eigenvalue weighted by atomic mass is 10.4. The highest BCUT2D eigenvalue weighted by molar-refractivity contribution is 7.09. The third-order valence-electron chi connectivity index (χ3n) is 2.19. The summed E-state index contributed by atoms with van der Waals surface area (Å²) in [5.74, 6) is -0.925. The molecular weight excluding hydrogens is 242 g/mol. The van der Waals surface area contributed by atoms with E-state index in [0.29, 0.717) is 6.54 Å². The summed E-state index contributed by atoms with van der Waals surface area (Å²) < 4.78 is 0. The first-order valence-corrected chi connectivity index (χ1v) is 5.98. The highest BCUT2D eigenvalue weighted by Gasteiger charge is 2.11. The first-order chi connectivity index (χ1) is 8.00. The van der Waals surface area contributed by atoms with Crippen molar-refractivity contribution in [2.24, 2.45) is 0 Å². The van der Waals surface area contributed by atoms with Gasteiger partial charge in [0.25, 0.3) is 0 Å². The molecule has 0 bridgehead atoms. The Morgan fingerprint density at radius 2 is 2.29 bits per heavy atom. The second-order valence-electron chi connectivity index (χ2n) is 3.59. The zero-order valence-corrected chi connectivity index (χ0v) is 10.6. The maximum atomic E-state index is 11.6. The maximum Gasteiger partial charge on any atom is 0.317 e. The van der Waals surface area contributed by atoms with Gasteiger partial charge in [-0.25, -0.2) is 9.78 Å². The summed E-state index contributed by atoms with van der Waals surface area (Å²) in [4.78, 5) is 28.5. The number of nitrogens with one attached hydrogen (secondary N) is 1. The fourth-order valence-corrected chi connectivity index (χ4v) is 2.01. The minimum Gasteiger partial charge on any atom is -0.481 e. The summed E-state index contributed by atoms with van der Waals surface area (Å²) in [5, 5.41) is 11.0. The van der Waals surface area contributed by atoms with Crippen molar-refractivity contribution in [3.8, 4) is 0 Å². The van der Waals surface area contributed by atoms with Gasteiger partial charge in [0.1, 0.15) is 0 Å². The summed E-state index contributed by atoms with van der Waals surface area (Å²) in [7, 11) is 1.66. The van der Waals surface area contributed by atoms with Crippen LogP contribution < -0.4 is 5.32 Å². The lowest BCUT2D eigenvalue weighted by molar-refractivity contribution is -0.136. The fraction of sp³-hybridized carbons (Fsp3) is 0.500. The van der Waals surface area contributed by atoms with Gasteiger partial charge in [-0.3, -0.25) is 4.79 Å². The van der Waals surface area contributed by atoms with E-state index in [2.05, 4.69) is 10.3 Å². The third-order valence-corrected chi connectivity index (χ3v) is 3.11. The number of hydrogen-bond donors (Lipinski definition) is 2. The van der Waals surface area contributed by atoms with Crippen molar-refractivity contribution in [1.82, 2.24) is 15.2 Å². The smallest absolute Gasteiger partial charge is 0.317 e. The summed E-state index contributed by atoms with van der Waals surface area (Å²) in [6.45, 7) is 2.51. The van der Waals surface area contributed by atoms with Gasteiger partial charge in [0.15, 0.2) is 0 Å². The standard InChI is InChI=1S/C10H15N3O3S/c1-7-8(17-6-12-7)5-13(2)10(16)11-4-3-9(14)15/h6H,3-5H2,1-2H3,(H,11,16)(H,14,15). The predicted octanol–water partition coefficient (Wildman–Crippen LogP) is 1.07. The van der Waals surface area contributed by atoms with E-state index in [1.807, 2.05) is 6.92 Å². The number of carbonyl (C=O) groups excluding carboxylic acids is 1. The summed E-state index contributed by atoms with van der Waals surface area (Å²) >= 11 is 1.50. The number of aromatic nitrogens is 1. The Morgan fingerprint density at radius 1 is 1.59 bits per heavy atom. The van der Waals surface area contributed by atoms with Crippen molar-refractivity contribution in [1.29, 1.82) is 0 Å². The number of carboxylic acid groups (broad SMARTS) is 1. The van der Waals surface area contributed by atoms with Gasteiger partial charge in [-0.15, -0.1) is 11.3 Å². The molecule has 1 aromatic heterocycles. The molecule has 0 saturated heterocycles. The molecule has 2 N–H and O–H groups in total. The Bertz CT molecular complexity index is 405. The number of aliphatic carboxylic acids is 1. The van der Waals surface area contributed by atoms with Gasteiger partial charge in [-0.1, -0.05) is 0 Å². The predicted molar refractivity (Wildman–Crippen MR) is 64.0 cm³/mol. The molecule has 0 radical (unpaired) electrons. The average molecular weight is 257 g/mol. The molecule has 0 aliphatic heterocycles.